The highest BCUT2D eigenvalue weighted by atomic mass is 35.5. The van der Waals surface area contributed by atoms with Crippen molar-refractivity contribution in [2.24, 2.45) is 5.73 Å². The maximum Gasteiger partial charge on any atom is 0.0679 e. The van der Waals surface area contributed by atoms with Crippen LogP contribution in [0.2, 0.25) is 5.02 Å². The molecular formula is C9H8ClN3S. The molecule has 1 atom stereocenters. The summed E-state index contributed by atoms with van der Waals surface area (Å²) in [6.07, 6.45) is 1.68. The van der Waals surface area contributed by atoms with Crippen molar-refractivity contribution in [1.29, 1.82) is 0 Å². The Morgan fingerprint density at radius 1 is 1.43 bits per heavy atom. The molecule has 0 aliphatic heterocycles. The largest absolute Gasteiger partial charge is 0.320 e. The topological polar surface area (TPSA) is 51.8 Å². The van der Waals surface area contributed by atoms with Crippen LogP contribution in [0.1, 0.15) is 16.5 Å². The van der Waals surface area contributed by atoms with E-state index < -0.39 is 0 Å². The van der Waals surface area contributed by atoms with Gasteiger partial charge in [0, 0.05) is 5.02 Å². The zero-order valence-corrected chi connectivity index (χ0v) is 8.79. The third kappa shape index (κ3) is 1.92. The van der Waals surface area contributed by atoms with Gasteiger partial charge in [0.25, 0.3) is 0 Å². The summed E-state index contributed by atoms with van der Waals surface area (Å²) in [4.78, 5) is 0.937. The molecule has 1 unspecified atom stereocenters. The van der Waals surface area contributed by atoms with E-state index in [0.717, 1.165) is 10.4 Å². The van der Waals surface area contributed by atoms with Crippen molar-refractivity contribution in [3.63, 3.8) is 0 Å². The minimum absolute atomic E-state index is 0.186. The molecule has 1 aromatic carbocycles. The van der Waals surface area contributed by atoms with E-state index in [4.69, 9.17) is 17.3 Å². The number of hydrogen-bond donors (Lipinski definition) is 1. The van der Waals surface area contributed by atoms with Gasteiger partial charge < -0.3 is 5.73 Å². The van der Waals surface area contributed by atoms with Crippen LogP contribution >= 0.6 is 23.1 Å². The van der Waals surface area contributed by atoms with E-state index in [1.54, 1.807) is 6.20 Å². The maximum atomic E-state index is 6.00. The summed E-state index contributed by atoms with van der Waals surface area (Å²) in [6, 6.07) is 7.31. The highest BCUT2D eigenvalue weighted by Gasteiger charge is 2.10. The molecule has 3 nitrogen and oxygen atoms in total. The zero-order chi connectivity index (χ0) is 9.97. The standard InChI is InChI=1S/C9H8ClN3S/c10-7-3-1-2-6(4-7)9(11)8-5-12-13-14-8/h1-5,9H,11H2. The zero-order valence-electron chi connectivity index (χ0n) is 7.22. The summed E-state index contributed by atoms with van der Waals surface area (Å²) in [5, 5.41) is 4.44. The van der Waals surface area contributed by atoms with Crippen molar-refractivity contribution in [3.8, 4) is 0 Å². The van der Waals surface area contributed by atoms with Crippen LogP contribution in [0.5, 0.6) is 0 Å². The molecule has 2 rings (SSSR count). The Kier molecular flexibility index (Phi) is 2.77. The Morgan fingerprint density at radius 2 is 2.29 bits per heavy atom. The average Bonchev–Trinajstić information content (AvgIpc) is 2.69. The molecule has 0 amide bonds. The van der Waals surface area contributed by atoms with Crippen LogP contribution in [-0.4, -0.2) is 9.59 Å². The molecule has 0 bridgehead atoms. The Labute approximate surface area is 90.7 Å². The van der Waals surface area contributed by atoms with E-state index >= 15 is 0 Å². The SMILES string of the molecule is NC(c1cccc(Cl)c1)c1cnns1. The van der Waals surface area contributed by atoms with Gasteiger partial charge in [-0.3, -0.25) is 0 Å². The summed E-state index contributed by atoms with van der Waals surface area (Å²) in [5.41, 5.74) is 6.98. The van der Waals surface area contributed by atoms with Gasteiger partial charge in [-0.15, -0.1) is 5.10 Å². The molecule has 14 heavy (non-hydrogen) atoms. The Balaban J connectivity index is 2.32. The second-order valence-corrected chi connectivity index (χ2v) is 4.11. The number of rotatable bonds is 2. The first kappa shape index (κ1) is 9.58. The highest BCUT2D eigenvalue weighted by molar-refractivity contribution is 7.05. The second kappa shape index (κ2) is 4.04. The molecule has 0 aliphatic carbocycles. The molecular weight excluding hydrogens is 218 g/mol. The van der Waals surface area contributed by atoms with E-state index in [2.05, 4.69) is 9.59 Å². The molecule has 0 saturated carbocycles. The van der Waals surface area contributed by atoms with E-state index in [1.807, 2.05) is 24.3 Å². The lowest BCUT2D eigenvalue weighted by molar-refractivity contribution is 0.888. The minimum atomic E-state index is -0.186. The quantitative estimate of drug-likeness (QED) is 0.853. The monoisotopic (exact) mass is 225 g/mol. The lowest BCUT2D eigenvalue weighted by Gasteiger charge is -2.08. The van der Waals surface area contributed by atoms with E-state index in [-0.39, 0.29) is 6.04 Å². The molecule has 0 saturated heterocycles. The van der Waals surface area contributed by atoms with Crippen LogP contribution in [0.25, 0.3) is 0 Å². The van der Waals surface area contributed by atoms with Gasteiger partial charge in [-0.25, -0.2) is 0 Å². The van der Waals surface area contributed by atoms with Gasteiger partial charge in [0.05, 0.1) is 17.1 Å². The third-order valence-electron chi connectivity index (χ3n) is 1.89. The lowest BCUT2D eigenvalue weighted by atomic mass is 10.1. The number of nitrogens with two attached hydrogens (primary N) is 1. The van der Waals surface area contributed by atoms with Gasteiger partial charge in [0.2, 0.25) is 0 Å². The molecule has 0 fully saturated rings. The summed E-state index contributed by atoms with van der Waals surface area (Å²) in [7, 11) is 0. The molecule has 2 N–H and O–H groups in total. The smallest absolute Gasteiger partial charge is 0.0679 e. The van der Waals surface area contributed by atoms with Crippen LogP contribution < -0.4 is 5.73 Å². The first-order valence-corrected chi connectivity index (χ1v) is 5.21. The van der Waals surface area contributed by atoms with Gasteiger partial charge in [0.1, 0.15) is 0 Å². The lowest BCUT2D eigenvalue weighted by Crippen LogP contribution is -2.09. The first-order valence-electron chi connectivity index (χ1n) is 4.05. The van der Waals surface area contributed by atoms with Gasteiger partial charge in [0.15, 0.2) is 0 Å². The van der Waals surface area contributed by atoms with Gasteiger partial charge >= 0.3 is 0 Å². The van der Waals surface area contributed by atoms with E-state index in [0.29, 0.717) is 5.02 Å². The molecule has 0 spiro atoms. The molecule has 0 aliphatic rings. The van der Waals surface area contributed by atoms with Gasteiger partial charge in [-0.1, -0.05) is 28.2 Å². The first-order chi connectivity index (χ1) is 6.77. The molecule has 5 heteroatoms. The third-order valence-corrected chi connectivity index (χ3v) is 2.87. The van der Waals surface area contributed by atoms with Crippen LogP contribution in [0.4, 0.5) is 0 Å². The number of aromatic nitrogens is 2. The Morgan fingerprint density at radius 3 is 2.93 bits per heavy atom. The number of halogens is 1. The summed E-state index contributed by atoms with van der Waals surface area (Å²) < 4.78 is 3.77. The van der Waals surface area contributed by atoms with Gasteiger partial charge in [-0.2, -0.15) is 0 Å². The summed E-state index contributed by atoms with van der Waals surface area (Å²) >= 11 is 7.17. The molecule has 2 aromatic rings. The number of hydrogen-bond acceptors (Lipinski definition) is 4. The number of nitrogens with zero attached hydrogens (tertiary/aromatic N) is 2. The molecule has 72 valence electrons. The second-order valence-electron chi connectivity index (χ2n) is 2.85. The van der Waals surface area contributed by atoms with E-state index in [1.165, 1.54) is 11.5 Å². The van der Waals surface area contributed by atoms with Crippen LogP contribution in [-0.2, 0) is 0 Å². The minimum Gasteiger partial charge on any atom is -0.320 e. The van der Waals surface area contributed by atoms with Crippen molar-refractivity contribution in [2.45, 2.75) is 6.04 Å². The normalized spacial score (nSPS) is 12.7. The average molecular weight is 226 g/mol. The molecule has 1 heterocycles. The van der Waals surface area contributed by atoms with E-state index in [9.17, 15) is 0 Å². The molecule has 1 aromatic heterocycles. The van der Waals surface area contributed by atoms with Crippen molar-refractivity contribution in [2.75, 3.05) is 0 Å². The van der Waals surface area contributed by atoms with Crippen molar-refractivity contribution >= 4 is 23.1 Å². The highest BCUT2D eigenvalue weighted by Crippen LogP contribution is 2.23. The van der Waals surface area contributed by atoms with Crippen LogP contribution in [0, 0.1) is 0 Å². The Hall–Kier alpha value is -0.970. The van der Waals surface area contributed by atoms with Crippen LogP contribution in [0.3, 0.4) is 0 Å². The predicted octanol–water partition coefficient (Wildman–Crippen LogP) is 2.24. The fourth-order valence-corrected chi connectivity index (χ4v) is 1.91. The summed E-state index contributed by atoms with van der Waals surface area (Å²) in [5.74, 6) is 0. The fourth-order valence-electron chi connectivity index (χ4n) is 1.18. The molecule has 0 radical (unpaired) electrons. The Bertz CT molecular complexity index is 416. The predicted molar refractivity (Wildman–Crippen MR) is 57.4 cm³/mol. The van der Waals surface area contributed by atoms with Crippen molar-refractivity contribution < 1.29 is 0 Å². The van der Waals surface area contributed by atoms with Crippen molar-refractivity contribution in [1.82, 2.24) is 9.59 Å². The fraction of sp³-hybridized carbons (Fsp3) is 0.111. The van der Waals surface area contributed by atoms with Crippen molar-refractivity contribution in [3.05, 3.63) is 45.9 Å². The summed E-state index contributed by atoms with van der Waals surface area (Å²) in [6.45, 7) is 0. The van der Waals surface area contributed by atoms with Gasteiger partial charge in [-0.05, 0) is 29.2 Å². The number of benzene rings is 1. The maximum absolute atomic E-state index is 6.00. The van der Waals surface area contributed by atoms with Crippen LogP contribution in [0.15, 0.2) is 30.5 Å².